The molecule has 0 unspecified atom stereocenters. The SMILES string of the molecule is CC1(C)CCC(n2cncc2-c2cnccc2N)CC1. The third-order valence-electron chi connectivity index (χ3n) is 4.50. The summed E-state index contributed by atoms with van der Waals surface area (Å²) in [6.45, 7) is 4.72. The molecule has 1 aliphatic rings. The fourth-order valence-electron chi connectivity index (χ4n) is 3.09. The first-order valence-corrected chi connectivity index (χ1v) is 7.28. The van der Waals surface area contributed by atoms with Crippen molar-refractivity contribution >= 4 is 5.69 Å². The van der Waals surface area contributed by atoms with Gasteiger partial charge in [0.15, 0.2) is 0 Å². The van der Waals surface area contributed by atoms with E-state index in [9.17, 15) is 0 Å². The maximum Gasteiger partial charge on any atom is 0.0953 e. The van der Waals surface area contributed by atoms with Crippen molar-refractivity contribution in [2.75, 3.05) is 5.73 Å². The van der Waals surface area contributed by atoms with Crippen molar-refractivity contribution in [3.05, 3.63) is 31.0 Å². The molecule has 2 aromatic heterocycles. The predicted octanol–water partition coefficient (Wildman–Crippen LogP) is 3.67. The molecule has 4 nitrogen and oxygen atoms in total. The largest absolute Gasteiger partial charge is 0.398 e. The van der Waals surface area contributed by atoms with Gasteiger partial charge in [0.1, 0.15) is 0 Å². The second-order valence-corrected chi connectivity index (χ2v) is 6.54. The normalized spacial score (nSPS) is 19.1. The zero-order valence-corrected chi connectivity index (χ0v) is 12.2. The number of hydrogen-bond acceptors (Lipinski definition) is 3. The zero-order chi connectivity index (χ0) is 14.2. The van der Waals surface area contributed by atoms with Gasteiger partial charge < -0.3 is 10.3 Å². The molecule has 0 bridgehead atoms. The molecule has 1 fully saturated rings. The van der Waals surface area contributed by atoms with Gasteiger partial charge in [-0.15, -0.1) is 0 Å². The Kier molecular flexibility index (Phi) is 3.24. The highest BCUT2D eigenvalue weighted by Crippen LogP contribution is 2.41. The highest BCUT2D eigenvalue weighted by molar-refractivity contribution is 5.72. The van der Waals surface area contributed by atoms with E-state index in [1.165, 1.54) is 25.7 Å². The summed E-state index contributed by atoms with van der Waals surface area (Å²) in [4.78, 5) is 8.52. The van der Waals surface area contributed by atoms with Crippen LogP contribution in [-0.2, 0) is 0 Å². The molecule has 4 heteroatoms. The molecule has 106 valence electrons. The quantitative estimate of drug-likeness (QED) is 0.905. The Bertz CT molecular complexity index is 590. The van der Waals surface area contributed by atoms with E-state index in [1.54, 1.807) is 6.20 Å². The maximum absolute atomic E-state index is 6.07. The minimum atomic E-state index is 0.477. The Balaban J connectivity index is 1.90. The lowest BCUT2D eigenvalue weighted by Crippen LogP contribution is -2.23. The summed E-state index contributed by atoms with van der Waals surface area (Å²) in [5.74, 6) is 0. The van der Waals surface area contributed by atoms with E-state index in [2.05, 4.69) is 28.4 Å². The molecule has 2 N–H and O–H groups in total. The van der Waals surface area contributed by atoms with Crippen LogP contribution in [0.15, 0.2) is 31.0 Å². The molecule has 0 radical (unpaired) electrons. The summed E-state index contributed by atoms with van der Waals surface area (Å²) < 4.78 is 2.28. The molecule has 1 saturated carbocycles. The van der Waals surface area contributed by atoms with E-state index in [-0.39, 0.29) is 0 Å². The molecule has 0 saturated heterocycles. The summed E-state index contributed by atoms with van der Waals surface area (Å²) in [5.41, 5.74) is 9.38. The summed E-state index contributed by atoms with van der Waals surface area (Å²) >= 11 is 0. The van der Waals surface area contributed by atoms with Crippen molar-refractivity contribution in [2.24, 2.45) is 5.41 Å². The standard InChI is InChI=1S/C16H22N4/c1-16(2)6-3-12(4-7-16)20-11-19-10-15(20)13-9-18-8-5-14(13)17/h5,8-12H,3-4,6-7H2,1-2H3,(H2,17,18). The van der Waals surface area contributed by atoms with Crippen molar-refractivity contribution in [3.63, 3.8) is 0 Å². The molecular weight excluding hydrogens is 248 g/mol. The minimum absolute atomic E-state index is 0.477. The molecule has 0 atom stereocenters. The number of pyridine rings is 1. The van der Waals surface area contributed by atoms with E-state index in [0.29, 0.717) is 11.5 Å². The van der Waals surface area contributed by atoms with E-state index in [1.807, 2.05) is 24.8 Å². The van der Waals surface area contributed by atoms with E-state index in [4.69, 9.17) is 5.73 Å². The number of nitrogens with two attached hydrogens (primary N) is 1. The lowest BCUT2D eigenvalue weighted by atomic mass is 9.75. The molecule has 0 spiro atoms. The number of aromatic nitrogens is 3. The van der Waals surface area contributed by atoms with Gasteiger partial charge in [-0.2, -0.15) is 0 Å². The average molecular weight is 270 g/mol. The van der Waals surface area contributed by atoms with Gasteiger partial charge in [0.25, 0.3) is 0 Å². The Morgan fingerprint density at radius 3 is 2.65 bits per heavy atom. The smallest absolute Gasteiger partial charge is 0.0953 e. The van der Waals surface area contributed by atoms with Crippen LogP contribution in [0.5, 0.6) is 0 Å². The van der Waals surface area contributed by atoms with Gasteiger partial charge >= 0.3 is 0 Å². The maximum atomic E-state index is 6.07. The van der Waals surface area contributed by atoms with Crippen LogP contribution in [0, 0.1) is 5.41 Å². The summed E-state index contributed by atoms with van der Waals surface area (Å²) in [6, 6.07) is 2.37. The molecule has 0 amide bonds. The second kappa shape index (κ2) is 4.93. The van der Waals surface area contributed by atoms with E-state index >= 15 is 0 Å². The number of hydrogen-bond donors (Lipinski definition) is 1. The second-order valence-electron chi connectivity index (χ2n) is 6.54. The Hall–Kier alpha value is -1.84. The van der Waals surface area contributed by atoms with Crippen LogP contribution in [-0.4, -0.2) is 14.5 Å². The Morgan fingerprint density at radius 1 is 1.20 bits per heavy atom. The molecule has 3 rings (SSSR count). The lowest BCUT2D eigenvalue weighted by Gasteiger charge is -2.35. The third kappa shape index (κ3) is 2.42. The molecule has 0 aliphatic heterocycles. The van der Waals surface area contributed by atoms with Gasteiger partial charge in [0.2, 0.25) is 0 Å². The number of nitrogens with zero attached hydrogens (tertiary/aromatic N) is 3. The first-order chi connectivity index (χ1) is 9.57. The van der Waals surface area contributed by atoms with Crippen molar-refractivity contribution in [3.8, 4) is 11.3 Å². The van der Waals surface area contributed by atoms with Crippen molar-refractivity contribution in [2.45, 2.75) is 45.6 Å². The molecule has 20 heavy (non-hydrogen) atoms. The molecule has 2 aromatic rings. The van der Waals surface area contributed by atoms with Crippen LogP contribution < -0.4 is 5.73 Å². The van der Waals surface area contributed by atoms with Crippen LogP contribution in [0.25, 0.3) is 11.3 Å². The van der Waals surface area contributed by atoms with Gasteiger partial charge in [0, 0.05) is 29.7 Å². The van der Waals surface area contributed by atoms with Crippen LogP contribution >= 0.6 is 0 Å². The number of rotatable bonds is 2. The average Bonchev–Trinajstić information content (AvgIpc) is 2.88. The monoisotopic (exact) mass is 270 g/mol. The highest BCUT2D eigenvalue weighted by Gasteiger charge is 2.28. The van der Waals surface area contributed by atoms with Gasteiger partial charge in [-0.25, -0.2) is 4.98 Å². The number of nitrogen functional groups attached to an aromatic ring is 1. The number of anilines is 1. The fraction of sp³-hybridized carbons (Fsp3) is 0.500. The van der Waals surface area contributed by atoms with E-state index < -0.39 is 0 Å². The predicted molar refractivity (Wildman–Crippen MR) is 81.2 cm³/mol. The molecular formula is C16H22N4. The van der Waals surface area contributed by atoms with Gasteiger partial charge in [-0.05, 0) is 37.2 Å². The summed E-state index contributed by atoms with van der Waals surface area (Å²) in [6.07, 6.45) is 12.3. The third-order valence-corrected chi connectivity index (χ3v) is 4.50. The first-order valence-electron chi connectivity index (χ1n) is 7.28. The van der Waals surface area contributed by atoms with Crippen molar-refractivity contribution in [1.29, 1.82) is 0 Å². The van der Waals surface area contributed by atoms with Crippen LogP contribution in [0.3, 0.4) is 0 Å². The Morgan fingerprint density at radius 2 is 1.95 bits per heavy atom. The summed E-state index contributed by atoms with van der Waals surface area (Å²) in [7, 11) is 0. The minimum Gasteiger partial charge on any atom is -0.398 e. The fourth-order valence-corrected chi connectivity index (χ4v) is 3.09. The van der Waals surface area contributed by atoms with Gasteiger partial charge in [-0.3, -0.25) is 4.98 Å². The molecule has 0 aromatic carbocycles. The molecule has 1 aliphatic carbocycles. The molecule has 2 heterocycles. The zero-order valence-electron chi connectivity index (χ0n) is 12.2. The van der Waals surface area contributed by atoms with Crippen molar-refractivity contribution < 1.29 is 0 Å². The topological polar surface area (TPSA) is 56.7 Å². The highest BCUT2D eigenvalue weighted by atomic mass is 15.1. The lowest BCUT2D eigenvalue weighted by molar-refractivity contribution is 0.194. The first kappa shape index (κ1) is 13.2. The number of imidazole rings is 1. The van der Waals surface area contributed by atoms with Gasteiger partial charge in [0.05, 0.1) is 18.2 Å². The Labute approximate surface area is 120 Å². The van der Waals surface area contributed by atoms with E-state index in [0.717, 1.165) is 16.9 Å². The van der Waals surface area contributed by atoms with Crippen LogP contribution in [0.2, 0.25) is 0 Å². The summed E-state index contributed by atoms with van der Waals surface area (Å²) in [5, 5.41) is 0. The van der Waals surface area contributed by atoms with Crippen LogP contribution in [0.1, 0.15) is 45.6 Å². The van der Waals surface area contributed by atoms with Gasteiger partial charge in [-0.1, -0.05) is 13.8 Å². The van der Waals surface area contributed by atoms with Crippen LogP contribution in [0.4, 0.5) is 5.69 Å². The van der Waals surface area contributed by atoms with Crippen molar-refractivity contribution in [1.82, 2.24) is 14.5 Å².